The molecule has 0 spiro atoms. The minimum Gasteiger partial charge on any atom is -0.497 e. The number of piperidine rings is 1. The fourth-order valence-corrected chi connectivity index (χ4v) is 4.19. The molecule has 1 aromatic heterocycles. The third-order valence-corrected chi connectivity index (χ3v) is 5.81. The van der Waals surface area contributed by atoms with E-state index in [1.165, 1.54) is 36.2 Å². The van der Waals surface area contributed by atoms with Crippen LogP contribution in [0.3, 0.4) is 0 Å². The maximum absolute atomic E-state index is 12.4. The Morgan fingerprint density at radius 1 is 1.20 bits per heavy atom. The zero-order valence-electron chi connectivity index (χ0n) is 14.3. The number of nitrogens with zero attached hydrogens (tertiary/aromatic N) is 1. The van der Waals surface area contributed by atoms with Gasteiger partial charge in [-0.25, -0.2) is 0 Å². The Morgan fingerprint density at radius 3 is 2.52 bits per heavy atom. The van der Waals surface area contributed by atoms with Gasteiger partial charge >= 0.3 is 0 Å². The van der Waals surface area contributed by atoms with Gasteiger partial charge in [0.1, 0.15) is 5.75 Å². The molecule has 0 saturated carbocycles. The summed E-state index contributed by atoms with van der Waals surface area (Å²) in [5.41, 5.74) is 1.20. The number of carbonyl (C=O) groups excluding carboxylic acids is 1. The van der Waals surface area contributed by atoms with E-state index in [-0.39, 0.29) is 11.9 Å². The molecule has 134 valence electrons. The molecule has 0 radical (unpaired) electrons. The van der Waals surface area contributed by atoms with Crippen LogP contribution in [0.4, 0.5) is 0 Å². The van der Waals surface area contributed by atoms with Crippen LogP contribution in [-0.2, 0) is 0 Å². The van der Waals surface area contributed by atoms with Crippen LogP contribution in [0.15, 0.2) is 36.4 Å². The maximum atomic E-state index is 12.4. The van der Waals surface area contributed by atoms with Gasteiger partial charge in [0.05, 0.1) is 22.4 Å². The van der Waals surface area contributed by atoms with Gasteiger partial charge in [-0.2, -0.15) is 0 Å². The van der Waals surface area contributed by atoms with Crippen molar-refractivity contribution in [1.29, 1.82) is 0 Å². The van der Waals surface area contributed by atoms with Crippen LogP contribution in [-0.4, -0.2) is 37.6 Å². The quantitative estimate of drug-likeness (QED) is 0.811. The molecule has 1 unspecified atom stereocenters. The molecule has 1 atom stereocenters. The molecule has 1 aromatic carbocycles. The van der Waals surface area contributed by atoms with Crippen molar-refractivity contribution in [3.8, 4) is 5.75 Å². The van der Waals surface area contributed by atoms with Crippen LogP contribution < -0.4 is 10.1 Å². The predicted molar refractivity (Wildman–Crippen MR) is 103 cm³/mol. The average Bonchev–Trinajstić information content (AvgIpc) is 3.10. The summed E-state index contributed by atoms with van der Waals surface area (Å²) in [5, 5.41) is 3.08. The summed E-state index contributed by atoms with van der Waals surface area (Å²) in [7, 11) is 1.67. The second-order valence-corrected chi connectivity index (χ2v) is 7.91. The van der Waals surface area contributed by atoms with E-state index in [1.54, 1.807) is 19.2 Å². The lowest BCUT2D eigenvalue weighted by Crippen LogP contribution is -2.40. The molecule has 1 aliphatic rings. The SMILES string of the molecule is COc1ccc(C(CNC(=O)c2ccc(Cl)s2)N2CCCCC2)cc1. The number of rotatable bonds is 6. The van der Waals surface area contributed by atoms with Crippen molar-refractivity contribution in [1.82, 2.24) is 10.2 Å². The zero-order chi connectivity index (χ0) is 17.6. The summed E-state index contributed by atoms with van der Waals surface area (Å²) < 4.78 is 5.89. The fourth-order valence-electron chi connectivity index (χ4n) is 3.23. The minimum atomic E-state index is -0.0626. The van der Waals surface area contributed by atoms with Crippen molar-refractivity contribution < 1.29 is 9.53 Å². The second kappa shape index (κ2) is 8.70. The monoisotopic (exact) mass is 378 g/mol. The van der Waals surface area contributed by atoms with E-state index in [9.17, 15) is 4.79 Å². The summed E-state index contributed by atoms with van der Waals surface area (Å²) in [6.07, 6.45) is 3.70. The van der Waals surface area contributed by atoms with Crippen molar-refractivity contribution in [2.24, 2.45) is 0 Å². The molecule has 1 amide bonds. The highest BCUT2D eigenvalue weighted by molar-refractivity contribution is 7.17. The molecule has 25 heavy (non-hydrogen) atoms. The number of benzene rings is 1. The summed E-state index contributed by atoms with van der Waals surface area (Å²) in [5.74, 6) is 0.783. The summed E-state index contributed by atoms with van der Waals surface area (Å²) in [4.78, 5) is 15.5. The Morgan fingerprint density at radius 2 is 1.92 bits per heavy atom. The highest BCUT2D eigenvalue weighted by atomic mass is 35.5. The lowest BCUT2D eigenvalue weighted by atomic mass is 10.0. The molecule has 0 bridgehead atoms. The van der Waals surface area contributed by atoms with E-state index in [2.05, 4.69) is 22.3 Å². The molecule has 6 heteroatoms. The van der Waals surface area contributed by atoms with Crippen molar-refractivity contribution in [3.63, 3.8) is 0 Å². The van der Waals surface area contributed by atoms with Crippen LogP contribution in [0, 0.1) is 0 Å². The standard InChI is InChI=1S/C19H23ClN2O2S/c1-24-15-7-5-14(6-8-15)16(22-11-3-2-4-12-22)13-21-19(23)17-9-10-18(20)25-17/h5-10,16H,2-4,11-13H2,1H3,(H,21,23). The number of methoxy groups -OCH3 is 1. The number of likely N-dealkylation sites (tertiary alicyclic amines) is 1. The largest absolute Gasteiger partial charge is 0.497 e. The number of thiophene rings is 1. The Labute approximate surface area is 157 Å². The number of hydrogen-bond acceptors (Lipinski definition) is 4. The lowest BCUT2D eigenvalue weighted by molar-refractivity contribution is 0.0928. The van der Waals surface area contributed by atoms with Crippen LogP contribution in [0.2, 0.25) is 4.34 Å². The third-order valence-electron chi connectivity index (χ3n) is 4.58. The van der Waals surface area contributed by atoms with Crippen LogP contribution in [0.1, 0.15) is 40.5 Å². The lowest BCUT2D eigenvalue weighted by Gasteiger charge is -2.35. The van der Waals surface area contributed by atoms with Crippen molar-refractivity contribution >= 4 is 28.8 Å². The summed E-state index contributed by atoms with van der Waals surface area (Å²) in [6.45, 7) is 2.72. The number of hydrogen-bond donors (Lipinski definition) is 1. The van der Waals surface area contributed by atoms with E-state index in [0.717, 1.165) is 18.8 Å². The Kier molecular flexibility index (Phi) is 6.34. The number of carbonyl (C=O) groups is 1. The van der Waals surface area contributed by atoms with Crippen molar-refractivity contribution in [2.75, 3.05) is 26.7 Å². The Balaban J connectivity index is 1.72. The van der Waals surface area contributed by atoms with Gasteiger partial charge in [-0.15, -0.1) is 11.3 Å². The highest BCUT2D eigenvalue weighted by Gasteiger charge is 2.23. The first-order valence-corrected chi connectivity index (χ1v) is 9.78. The minimum absolute atomic E-state index is 0.0626. The normalized spacial score (nSPS) is 16.4. The van der Waals surface area contributed by atoms with E-state index in [1.807, 2.05) is 12.1 Å². The number of halogens is 1. The van der Waals surface area contributed by atoms with Gasteiger partial charge in [0, 0.05) is 6.54 Å². The number of ether oxygens (including phenoxy) is 1. The fraction of sp³-hybridized carbons (Fsp3) is 0.421. The van der Waals surface area contributed by atoms with Gasteiger partial charge in [0.15, 0.2) is 0 Å². The summed E-state index contributed by atoms with van der Waals surface area (Å²) in [6, 6.07) is 11.8. The van der Waals surface area contributed by atoms with Crippen molar-refractivity contribution in [3.05, 3.63) is 51.2 Å². The molecule has 4 nitrogen and oxygen atoms in total. The van der Waals surface area contributed by atoms with Gasteiger partial charge < -0.3 is 10.1 Å². The molecule has 2 aromatic rings. The van der Waals surface area contributed by atoms with Gasteiger partial charge in [0.25, 0.3) is 5.91 Å². The maximum Gasteiger partial charge on any atom is 0.261 e. The Hall–Kier alpha value is -1.56. The molecule has 3 rings (SSSR count). The van der Waals surface area contributed by atoms with Gasteiger partial charge in [-0.1, -0.05) is 30.2 Å². The van der Waals surface area contributed by atoms with Crippen molar-refractivity contribution in [2.45, 2.75) is 25.3 Å². The van der Waals surface area contributed by atoms with Gasteiger partial charge in [-0.05, 0) is 55.8 Å². The first-order valence-electron chi connectivity index (χ1n) is 8.59. The topological polar surface area (TPSA) is 41.6 Å². The number of amides is 1. The van der Waals surface area contributed by atoms with Crippen LogP contribution in [0.5, 0.6) is 5.75 Å². The van der Waals surface area contributed by atoms with Crippen LogP contribution in [0.25, 0.3) is 0 Å². The molecular formula is C19H23ClN2O2S. The van der Waals surface area contributed by atoms with E-state index >= 15 is 0 Å². The van der Waals surface area contributed by atoms with E-state index in [0.29, 0.717) is 15.8 Å². The highest BCUT2D eigenvalue weighted by Crippen LogP contribution is 2.26. The third kappa shape index (κ3) is 4.75. The molecule has 2 heterocycles. The molecule has 0 aliphatic carbocycles. The second-order valence-electron chi connectivity index (χ2n) is 6.20. The average molecular weight is 379 g/mol. The molecular weight excluding hydrogens is 356 g/mol. The first-order chi connectivity index (χ1) is 12.2. The zero-order valence-corrected chi connectivity index (χ0v) is 15.9. The molecule has 1 saturated heterocycles. The van der Waals surface area contributed by atoms with Crippen LogP contribution >= 0.6 is 22.9 Å². The molecule has 1 N–H and O–H groups in total. The Bertz CT molecular complexity index is 696. The predicted octanol–water partition coefficient (Wildman–Crippen LogP) is 4.37. The number of nitrogens with one attached hydrogen (secondary N) is 1. The molecule has 1 aliphatic heterocycles. The van der Waals surface area contributed by atoms with E-state index < -0.39 is 0 Å². The first kappa shape index (κ1) is 18.2. The smallest absolute Gasteiger partial charge is 0.261 e. The van der Waals surface area contributed by atoms with Gasteiger partial charge in [-0.3, -0.25) is 9.69 Å². The van der Waals surface area contributed by atoms with Gasteiger partial charge in [0.2, 0.25) is 0 Å². The summed E-state index contributed by atoms with van der Waals surface area (Å²) >= 11 is 7.24. The molecule has 1 fully saturated rings. The van der Waals surface area contributed by atoms with E-state index in [4.69, 9.17) is 16.3 Å².